The molecule has 0 saturated carbocycles. The summed E-state index contributed by atoms with van der Waals surface area (Å²) in [7, 11) is 1.76. The lowest BCUT2D eigenvalue weighted by molar-refractivity contribution is -0.130. The topological polar surface area (TPSA) is 79.7 Å². The predicted molar refractivity (Wildman–Crippen MR) is 59.7 cm³/mol. The molecule has 1 amide bonds. The van der Waals surface area contributed by atoms with Crippen molar-refractivity contribution in [2.75, 3.05) is 7.05 Å². The van der Waals surface area contributed by atoms with E-state index in [4.69, 9.17) is 0 Å². The lowest BCUT2D eigenvalue weighted by Gasteiger charge is -2.15. The van der Waals surface area contributed by atoms with Gasteiger partial charge in [-0.3, -0.25) is 9.48 Å². The molecule has 0 aliphatic heterocycles. The first kappa shape index (κ1) is 11.3. The number of rotatable bonds is 5. The van der Waals surface area contributed by atoms with Crippen molar-refractivity contribution in [2.45, 2.75) is 19.5 Å². The molecule has 17 heavy (non-hydrogen) atoms. The Kier molecular flexibility index (Phi) is 3.49. The highest BCUT2D eigenvalue weighted by Crippen LogP contribution is 1.99. The Morgan fingerprint density at radius 2 is 2.47 bits per heavy atom. The average Bonchev–Trinajstić information content (AvgIpc) is 2.98. The second kappa shape index (κ2) is 5.24. The quantitative estimate of drug-likeness (QED) is 0.792. The number of H-pyrrole nitrogens is 1. The number of aromatic nitrogens is 5. The standard InChI is InChI=1S/C10H14N6O/c1-15(6-9-12-3-4-13-9)10(17)2-5-16-8-11-7-14-16/h3-4,7-8H,2,5-6H2,1H3,(H,12,13). The van der Waals surface area contributed by atoms with E-state index >= 15 is 0 Å². The molecule has 7 nitrogen and oxygen atoms in total. The van der Waals surface area contributed by atoms with E-state index in [1.165, 1.54) is 6.33 Å². The monoisotopic (exact) mass is 234 g/mol. The molecule has 0 aliphatic rings. The number of carbonyl (C=O) groups is 1. The van der Waals surface area contributed by atoms with E-state index in [1.54, 1.807) is 35.4 Å². The molecule has 2 rings (SSSR count). The fraction of sp³-hybridized carbons (Fsp3) is 0.400. The normalized spacial score (nSPS) is 10.4. The zero-order valence-corrected chi connectivity index (χ0v) is 9.58. The Morgan fingerprint density at radius 3 is 3.12 bits per heavy atom. The highest BCUT2D eigenvalue weighted by atomic mass is 16.2. The van der Waals surface area contributed by atoms with Gasteiger partial charge in [0.25, 0.3) is 0 Å². The van der Waals surface area contributed by atoms with Crippen molar-refractivity contribution in [3.8, 4) is 0 Å². The van der Waals surface area contributed by atoms with Crippen molar-refractivity contribution in [1.82, 2.24) is 29.6 Å². The molecule has 2 aromatic heterocycles. The van der Waals surface area contributed by atoms with Crippen LogP contribution in [0.3, 0.4) is 0 Å². The van der Waals surface area contributed by atoms with Gasteiger partial charge in [-0.15, -0.1) is 0 Å². The molecular formula is C10H14N6O. The third-order valence-electron chi connectivity index (χ3n) is 2.39. The SMILES string of the molecule is CN(Cc1ncc[nH]1)C(=O)CCn1cncn1. The minimum absolute atomic E-state index is 0.0527. The molecule has 0 fully saturated rings. The zero-order chi connectivity index (χ0) is 12.1. The summed E-state index contributed by atoms with van der Waals surface area (Å²) in [6.45, 7) is 1.03. The van der Waals surface area contributed by atoms with Gasteiger partial charge in [0.15, 0.2) is 0 Å². The molecule has 0 spiro atoms. The molecule has 1 N–H and O–H groups in total. The molecule has 90 valence electrons. The summed E-state index contributed by atoms with van der Waals surface area (Å²) in [5.41, 5.74) is 0. The number of nitrogens with zero attached hydrogens (tertiary/aromatic N) is 5. The molecule has 0 bridgehead atoms. The lowest BCUT2D eigenvalue weighted by atomic mass is 10.3. The highest BCUT2D eigenvalue weighted by Gasteiger charge is 2.10. The average molecular weight is 234 g/mol. The first-order valence-electron chi connectivity index (χ1n) is 5.30. The van der Waals surface area contributed by atoms with Crippen LogP contribution >= 0.6 is 0 Å². The van der Waals surface area contributed by atoms with Gasteiger partial charge < -0.3 is 9.88 Å². The number of imidazole rings is 1. The van der Waals surface area contributed by atoms with Gasteiger partial charge in [0.05, 0.1) is 13.1 Å². The minimum Gasteiger partial charge on any atom is -0.347 e. The van der Waals surface area contributed by atoms with Crippen molar-refractivity contribution in [3.05, 3.63) is 30.9 Å². The van der Waals surface area contributed by atoms with Gasteiger partial charge in [0, 0.05) is 25.9 Å². The van der Waals surface area contributed by atoms with E-state index in [9.17, 15) is 4.79 Å². The molecular weight excluding hydrogens is 220 g/mol. The zero-order valence-electron chi connectivity index (χ0n) is 9.58. The van der Waals surface area contributed by atoms with Crippen LogP contribution in [-0.4, -0.2) is 42.6 Å². The smallest absolute Gasteiger partial charge is 0.224 e. The number of hydrogen-bond donors (Lipinski definition) is 1. The van der Waals surface area contributed by atoms with E-state index in [2.05, 4.69) is 20.1 Å². The Labute approximate surface area is 98.5 Å². The second-order valence-electron chi connectivity index (χ2n) is 3.69. The first-order chi connectivity index (χ1) is 8.25. The second-order valence-corrected chi connectivity index (χ2v) is 3.69. The first-order valence-corrected chi connectivity index (χ1v) is 5.30. The van der Waals surface area contributed by atoms with Crippen LogP contribution in [0.25, 0.3) is 0 Å². The number of aryl methyl sites for hydroxylation is 1. The molecule has 0 atom stereocenters. The van der Waals surface area contributed by atoms with Crippen LogP contribution in [0.2, 0.25) is 0 Å². The van der Waals surface area contributed by atoms with E-state index < -0.39 is 0 Å². The van der Waals surface area contributed by atoms with Crippen molar-refractivity contribution in [2.24, 2.45) is 0 Å². The van der Waals surface area contributed by atoms with Crippen molar-refractivity contribution in [3.63, 3.8) is 0 Å². The maximum atomic E-state index is 11.8. The van der Waals surface area contributed by atoms with Gasteiger partial charge in [0.1, 0.15) is 18.5 Å². The molecule has 0 aliphatic carbocycles. The maximum Gasteiger partial charge on any atom is 0.224 e. The van der Waals surface area contributed by atoms with E-state index in [0.717, 1.165) is 5.82 Å². The maximum absolute atomic E-state index is 11.8. The fourth-order valence-electron chi connectivity index (χ4n) is 1.45. The Morgan fingerprint density at radius 1 is 1.59 bits per heavy atom. The van der Waals surface area contributed by atoms with Crippen molar-refractivity contribution < 1.29 is 4.79 Å². The third-order valence-corrected chi connectivity index (χ3v) is 2.39. The Balaban J connectivity index is 1.79. The minimum atomic E-state index is 0.0527. The highest BCUT2D eigenvalue weighted by molar-refractivity contribution is 5.75. The number of nitrogens with one attached hydrogen (secondary N) is 1. The van der Waals surface area contributed by atoms with Crippen molar-refractivity contribution in [1.29, 1.82) is 0 Å². The summed E-state index contributed by atoms with van der Waals surface area (Å²) < 4.78 is 1.64. The number of carbonyl (C=O) groups excluding carboxylic acids is 1. The van der Waals surface area contributed by atoms with E-state index in [1.807, 2.05) is 0 Å². The van der Waals surface area contributed by atoms with Crippen LogP contribution in [0.15, 0.2) is 25.0 Å². The molecule has 2 heterocycles. The largest absolute Gasteiger partial charge is 0.347 e. The van der Waals surface area contributed by atoms with Gasteiger partial charge >= 0.3 is 0 Å². The summed E-state index contributed by atoms with van der Waals surface area (Å²) in [5, 5.41) is 3.94. The molecule has 7 heteroatoms. The van der Waals surface area contributed by atoms with Crippen LogP contribution in [0, 0.1) is 0 Å². The van der Waals surface area contributed by atoms with Crippen LogP contribution in [0.5, 0.6) is 0 Å². The van der Waals surface area contributed by atoms with Gasteiger partial charge in [-0.1, -0.05) is 0 Å². The number of aromatic amines is 1. The predicted octanol–water partition coefficient (Wildman–Crippen LogP) is 0.0499. The summed E-state index contributed by atoms with van der Waals surface area (Å²) in [6, 6.07) is 0. The molecule has 2 aromatic rings. The summed E-state index contributed by atoms with van der Waals surface area (Å²) in [6.07, 6.45) is 6.86. The summed E-state index contributed by atoms with van der Waals surface area (Å²) in [5.74, 6) is 0.832. The van der Waals surface area contributed by atoms with Gasteiger partial charge in [0.2, 0.25) is 5.91 Å². The Hall–Kier alpha value is -2.18. The molecule has 0 saturated heterocycles. The third kappa shape index (κ3) is 3.13. The van der Waals surface area contributed by atoms with Gasteiger partial charge in [-0.25, -0.2) is 9.97 Å². The van der Waals surface area contributed by atoms with Crippen LogP contribution in [0.1, 0.15) is 12.2 Å². The summed E-state index contributed by atoms with van der Waals surface area (Å²) in [4.78, 5) is 24.3. The number of amides is 1. The van der Waals surface area contributed by atoms with Gasteiger partial charge in [-0.2, -0.15) is 5.10 Å². The fourth-order valence-corrected chi connectivity index (χ4v) is 1.45. The molecule has 0 unspecified atom stereocenters. The Bertz CT molecular complexity index is 449. The van der Waals surface area contributed by atoms with E-state index in [-0.39, 0.29) is 5.91 Å². The molecule has 0 aromatic carbocycles. The molecule has 0 radical (unpaired) electrons. The van der Waals surface area contributed by atoms with Crippen LogP contribution < -0.4 is 0 Å². The van der Waals surface area contributed by atoms with E-state index in [0.29, 0.717) is 19.5 Å². The number of hydrogen-bond acceptors (Lipinski definition) is 4. The lowest BCUT2D eigenvalue weighted by Crippen LogP contribution is -2.27. The van der Waals surface area contributed by atoms with Crippen LogP contribution in [-0.2, 0) is 17.9 Å². The van der Waals surface area contributed by atoms with Crippen molar-refractivity contribution >= 4 is 5.91 Å². The summed E-state index contributed by atoms with van der Waals surface area (Å²) >= 11 is 0. The van der Waals surface area contributed by atoms with Gasteiger partial charge in [-0.05, 0) is 0 Å². The van der Waals surface area contributed by atoms with Crippen LogP contribution in [0.4, 0.5) is 0 Å².